The average molecular weight is 328 g/mol. The van der Waals surface area contributed by atoms with E-state index in [1.165, 1.54) is 7.98 Å². The predicted molar refractivity (Wildman–Crippen MR) is 93.7 cm³/mol. The Balaban J connectivity index is 4.86. The van der Waals surface area contributed by atoms with Crippen LogP contribution in [0.1, 0.15) is 54.4 Å². The van der Waals surface area contributed by atoms with Crippen molar-refractivity contribution in [1.29, 1.82) is 0 Å². The van der Waals surface area contributed by atoms with Gasteiger partial charge in [0, 0.05) is 0 Å². The third-order valence-electron chi connectivity index (χ3n) is 4.17. The molecule has 0 aliphatic heterocycles. The summed E-state index contributed by atoms with van der Waals surface area (Å²) in [6, 6.07) is -1.03. The van der Waals surface area contributed by atoms with Crippen molar-refractivity contribution >= 4 is 20.0 Å². The minimum Gasteiger partial charge on any atom is -0.463 e. The van der Waals surface area contributed by atoms with E-state index in [-0.39, 0.29) is 35.9 Å². The number of nitrogens with one attached hydrogen (secondary N) is 2. The number of esters is 1. The van der Waals surface area contributed by atoms with Crippen molar-refractivity contribution in [2.45, 2.75) is 60.4 Å². The first-order chi connectivity index (χ1) is 10.5. The average Bonchev–Trinajstić information content (AvgIpc) is 2.47. The van der Waals surface area contributed by atoms with Crippen LogP contribution in [0.2, 0.25) is 0 Å². The molecule has 3 N–H and O–H groups in total. The highest BCUT2D eigenvalue weighted by Crippen LogP contribution is 2.39. The zero-order chi connectivity index (χ0) is 18.3. The minimum absolute atomic E-state index is 0.00680. The molecule has 0 aromatic heterocycles. The molecule has 7 heteroatoms. The molecular weight excluding hydrogens is 295 g/mol. The van der Waals surface area contributed by atoms with Crippen molar-refractivity contribution in [3.8, 4) is 0 Å². The van der Waals surface area contributed by atoms with E-state index in [4.69, 9.17) is 4.74 Å². The summed E-state index contributed by atoms with van der Waals surface area (Å²) in [6.07, 6.45) is 1.59. The minimum atomic E-state index is -0.612. The lowest BCUT2D eigenvalue weighted by atomic mass is 9.70. The van der Waals surface area contributed by atoms with Gasteiger partial charge in [-0.05, 0) is 17.3 Å². The molecule has 0 heterocycles. The number of carbonyl (C=O) groups is 2. The van der Waals surface area contributed by atoms with Gasteiger partial charge in [-0.25, -0.2) is 0 Å². The predicted octanol–water partition coefficient (Wildman–Crippen LogP) is 1.23. The number of carbonyl (C=O) groups excluding carboxylic acids is 2. The number of rotatable bonds is 8. The van der Waals surface area contributed by atoms with E-state index in [1.807, 2.05) is 0 Å². The van der Waals surface area contributed by atoms with Crippen LogP contribution in [-0.4, -0.2) is 44.3 Å². The third kappa shape index (κ3) is 8.25. The summed E-state index contributed by atoms with van der Waals surface area (Å²) in [7, 11) is 1.49. The summed E-state index contributed by atoms with van der Waals surface area (Å²) in [4.78, 5) is 23.8. The zero-order valence-electron chi connectivity index (χ0n) is 15.7. The Morgan fingerprint density at radius 3 is 2.17 bits per heavy atom. The monoisotopic (exact) mass is 328 g/mol. The molecule has 0 spiro atoms. The van der Waals surface area contributed by atoms with Gasteiger partial charge in [-0.1, -0.05) is 48.0 Å². The van der Waals surface area contributed by atoms with Crippen LogP contribution in [0.5, 0.6) is 0 Å². The van der Waals surface area contributed by atoms with Crippen molar-refractivity contribution in [3.63, 3.8) is 0 Å². The Labute approximate surface area is 141 Å². The van der Waals surface area contributed by atoms with Crippen LogP contribution in [0.15, 0.2) is 0 Å². The van der Waals surface area contributed by atoms with Gasteiger partial charge in [0.2, 0.25) is 7.98 Å². The molecule has 0 fully saturated rings. The van der Waals surface area contributed by atoms with Gasteiger partial charge in [-0.15, -0.1) is 0 Å². The van der Waals surface area contributed by atoms with Crippen LogP contribution in [-0.2, 0) is 9.53 Å². The summed E-state index contributed by atoms with van der Waals surface area (Å²) in [6.45, 7) is 12.2. The summed E-state index contributed by atoms with van der Waals surface area (Å²) in [5.74, 6) is -0.504. The van der Waals surface area contributed by atoms with Crippen molar-refractivity contribution in [1.82, 2.24) is 10.5 Å². The van der Waals surface area contributed by atoms with E-state index in [1.54, 1.807) is 0 Å². The van der Waals surface area contributed by atoms with Crippen molar-refractivity contribution in [2.24, 2.45) is 16.7 Å². The topological polar surface area (TPSA) is 87.7 Å². The lowest BCUT2D eigenvalue weighted by molar-refractivity contribution is -0.155. The summed E-state index contributed by atoms with van der Waals surface area (Å²) < 4.78 is 5.40. The number of hydrogen-bond acceptors (Lipinski definition) is 4. The molecule has 0 aromatic rings. The van der Waals surface area contributed by atoms with E-state index in [0.29, 0.717) is 0 Å². The fraction of sp³-hybridized carbons (Fsp3) is 0.875. The molecule has 0 saturated carbocycles. The maximum atomic E-state index is 12.6. The lowest BCUT2D eigenvalue weighted by Gasteiger charge is -2.36. The molecule has 2 amide bonds. The first-order valence-electron chi connectivity index (χ1n) is 8.22. The molecule has 0 aromatic carbocycles. The van der Waals surface area contributed by atoms with Crippen molar-refractivity contribution in [2.75, 3.05) is 13.2 Å². The lowest BCUT2D eigenvalue weighted by Crippen LogP contribution is -2.46. The maximum absolute atomic E-state index is 12.6. The molecule has 134 valence electrons. The van der Waals surface area contributed by atoms with Gasteiger partial charge < -0.3 is 20.4 Å². The highest BCUT2D eigenvalue weighted by molar-refractivity contribution is 6.13. The number of amides is 2. The number of aliphatic hydroxyl groups excluding tert-OH is 1. The van der Waals surface area contributed by atoms with Crippen LogP contribution < -0.4 is 10.5 Å². The largest absolute Gasteiger partial charge is 0.463 e. The molecule has 0 saturated heterocycles. The van der Waals surface area contributed by atoms with Gasteiger partial charge in [0.05, 0.1) is 18.6 Å². The molecule has 0 bridgehead atoms. The number of hydrogen-bond donors (Lipinski definition) is 3. The van der Waals surface area contributed by atoms with Crippen LogP contribution >= 0.6 is 0 Å². The van der Waals surface area contributed by atoms with E-state index in [2.05, 4.69) is 52.1 Å². The SMILES string of the molecule is BNC(=O)NC(CO)COC(=O)C(CC(C)(C)C)C(C)(C)CC. The smallest absolute Gasteiger partial charge is 0.309 e. The van der Waals surface area contributed by atoms with Crippen LogP contribution in [0.3, 0.4) is 0 Å². The number of urea groups is 1. The Morgan fingerprint density at radius 1 is 1.22 bits per heavy atom. The fourth-order valence-corrected chi connectivity index (χ4v) is 2.22. The van der Waals surface area contributed by atoms with Crippen LogP contribution in [0.4, 0.5) is 4.79 Å². The highest BCUT2D eigenvalue weighted by Gasteiger charge is 2.38. The van der Waals surface area contributed by atoms with Gasteiger partial charge in [0.15, 0.2) is 0 Å². The van der Waals surface area contributed by atoms with Gasteiger partial charge >= 0.3 is 12.0 Å². The molecule has 2 atom stereocenters. The Kier molecular flexibility index (Phi) is 8.66. The Bertz CT molecular complexity index is 394. The Hall–Kier alpha value is -1.24. The van der Waals surface area contributed by atoms with E-state index < -0.39 is 12.1 Å². The fourth-order valence-electron chi connectivity index (χ4n) is 2.22. The van der Waals surface area contributed by atoms with Crippen LogP contribution in [0.25, 0.3) is 0 Å². The quantitative estimate of drug-likeness (QED) is 0.462. The second-order valence-corrected chi connectivity index (χ2v) is 7.89. The molecule has 0 radical (unpaired) electrons. The molecule has 23 heavy (non-hydrogen) atoms. The summed E-state index contributed by atoms with van der Waals surface area (Å²) in [5, 5.41) is 14.2. The van der Waals surface area contributed by atoms with E-state index >= 15 is 0 Å². The summed E-state index contributed by atoms with van der Waals surface area (Å²) in [5.41, 5.74) is -0.167. The van der Waals surface area contributed by atoms with E-state index in [0.717, 1.165) is 12.8 Å². The molecular formula is C16H33BN2O4. The van der Waals surface area contributed by atoms with Gasteiger partial charge in [0.1, 0.15) is 6.61 Å². The van der Waals surface area contributed by atoms with Gasteiger partial charge in [-0.3, -0.25) is 9.59 Å². The normalized spacial score (nSPS) is 14.7. The Morgan fingerprint density at radius 2 is 1.78 bits per heavy atom. The molecule has 2 unspecified atom stereocenters. The second-order valence-electron chi connectivity index (χ2n) is 7.89. The first-order valence-corrected chi connectivity index (χ1v) is 8.22. The highest BCUT2D eigenvalue weighted by atomic mass is 16.5. The maximum Gasteiger partial charge on any atom is 0.309 e. The van der Waals surface area contributed by atoms with Crippen molar-refractivity contribution in [3.05, 3.63) is 0 Å². The molecule has 0 rings (SSSR count). The van der Waals surface area contributed by atoms with Gasteiger partial charge in [-0.2, -0.15) is 0 Å². The van der Waals surface area contributed by atoms with E-state index in [9.17, 15) is 14.7 Å². The zero-order valence-corrected chi connectivity index (χ0v) is 15.7. The standard InChI is InChI=1S/C16H33BN2O4/c1-7-16(5,6)12(8-15(2,3)4)13(21)23-10-11(9-20)18-14(22)19-17/h11-12,20H,7-10,17H2,1-6H3,(H2,18,19,22). The van der Waals surface area contributed by atoms with Crippen LogP contribution in [0, 0.1) is 16.7 Å². The third-order valence-corrected chi connectivity index (χ3v) is 4.17. The number of ether oxygens (including phenoxy) is 1. The molecule has 6 nitrogen and oxygen atoms in total. The molecule has 0 aliphatic carbocycles. The van der Waals surface area contributed by atoms with Crippen molar-refractivity contribution < 1.29 is 19.4 Å². The molecule has 0 aliphatic rings. The summed E-state index contributed by atoms with van der Waals surface area (Å²) >= 11 is 0. The number of aliphatic hydroxyl groups is 1. The van der Waals surface area contributed by atoms with Gasteiger partial charge in [0.25, 0.3) is 0 Å². The first kappa shape index (κ1) is 21.8. The second kappa shape index (κ2) is 9.16.